The lowest BCUT2D eigenvalue weighted by molar-refractivity contribution is -0.00828. The van der Waals surface area contributed by atoms with E-state index in [0.717, 1.165) is 19.1 Å². The number of urea groups is 1. The Morgan fingerprint density at radius 1 is 1.14 bits per heavy atom. The summed E-state index contributed by atoms with van der Waals surface area (Å²) in [6, 6.07) is 10.7. The number of nitrogens with one attached hydrogen (secondary N) is 2. The molecular formula is C31H46N4O8S. The molecule has 244 valence electrons. The highest BCUT2D eigenvalue weighted by molar-refractivity contribution is 7.88. The Morgan fingerprint density at radius 3 is 2.43 bits per heavy atom. The van der Waals surface area contributed by atoms with Crippen LogP contribution in [0.4, 0.5) is 16.2 Å². The van der Waals surface area contributed by atoms with Crippen molar-refractivity contribution in [1.82, 2.24) is 9.21 Å². The molecule has 0 aromatic heterocycles. The average molecular weight is 635 g/mol. The summed E-state index contributed by atoms with van der Waals surface area (Å²) in [5, 5.41) is 15.6. The molecule has 4 atom stereocenters. The van der Waals surface area contributed by atoms with Gasteiger partial charge in [-0.05, 0) is 75.6 Å². The molecular weight excluding hydrogens is 588 g/mol. The summed E-state index contributed by atoms with van der Waals surface area (Å²) in [6.45, 7) is 6.03. The minimum atomic E-state index is -3.45. The van der Waals surface area contributed by atoms with Crippen molar-refractivity contribution in [3.63, 3.8) is 0 Å². The van der Waals surface area contributed by atoms with Crippen LogP contribution in [0.2, 0.25) is 0 Å². The van der Waals surface area contributed by atoms with E-state index in [9.17, 15) is 23.1 Å². The van der Waals surface area contributed by atoms with Crippen LogP contribution in [-0.2, 0) is 14.8 Å². The fourth-order valence-electron chi connectivity index (χ4n) is 4.82. The largest absolute Gasteiger partial charge is 0.497 e. The first-order chi connectivity index (χ1) is 20.8. The maximum absolute atomic E-state index is 14.2. The van der Waals surface area contributed by atoms with Gasteiger partial charge in [0.25, 0.3) is 5.91 Å². The molecule has 3 rings (SSSR count). The molecule has 0 spiro atoms. The van der Waals surface area contributed by atoms with Gasteiger partial charge in [-0.25, -0.2) is 17.5 Å². The van der Waals surface area contributed by atoms with Crippen LogP contribution < -0.4 is 20.1 Å². The van der Waals surface area contributed by atoms with E-state index >= 15 is 0 Å². The number of benzene rings is 2. The summed E-state index contributed by atoms with van der Waals surface area (Å²) in [6.07, 6.45) is 2.73. The molecule has 3 amide bonds. The third-order valence-corrected chi connectivity index (χ3v) is 8.94. The number of sulfonamides is 1. The first-order valence-corrected chi connectivity index (χ1v) is 16.6. The van der Waals surface area contributed by atoms with Gasteiger partial charge in [0.15, 0.2) is 0 Å². The monoisotopic (exact) mass is 634 g/mol. The van der Waals surface area contributed by atoms with E-state index in [4.69, 9.17) is 14.2 Å². The minimum absolute atomic E-state index is 0.128. The second kappa shape index (κ2) is 16.1. The summed E-state index contributed by atoms with van der Waals surface area (Å²) in [5.41, 5.74) is 1.17. The third-order valence-electron chi connectivity index (χ3n) is 7.66. The second-order valence-corrected chi connectivity index (χ2v) is 13.5. The van der Waals surface area contributed by atoms with Gasteiger partial charge >= 0.3 is 6.03 Å². The smallest absolute Gasteiger partial charge is 0.323 e. The molecule has 3 N–H and O–H groups in total. The van der Waals surface area contributed by atoms with Gasteiger partial charge in [-0.2, -0.15) is 0 Å². The predicted octanol–water partition coefficient (Wildman–Crippen LogP) is 4.03. The molecule has 1 heterocycles. The normalized spacial score (nSPS) is 21.0. The first-order valence-electron chi connectivity index (χ1n) is 14.8. The van der Waals surface area contributed by atoms with Crippen LogP contribution in [0.3, 0.4) is 0 Å². The van der Waals surface area contributed by atoms with Crippen LogP contribution in [0, 0.1) is 5.92 Å². The highest BCUT2D eigenvalue weighted by atomic mass is 32.2. The van der Waals surface area contributed by atoms with Crippen molar-refractivity contribution in [3.8, 4) is 11.5 Å². The summed E-state index contributed by atoms with van der Waals surface area (Å²) < 4.78 is 43.2. The van der Waals surface area contributed by atoms with E-state index in [1.807, 2.05) is 13.8 Å². The second-order valence-electron chi connectivity index (χ2n) is 11.4. The summed E-state index contributed by atoms with van der Waals surface area (Å²) in [4.78, 5) is 28.5. The molecule has 0 saturated carbocycles. The Kier molecular flexibility index (Phi) is 12.8. The molecule has 2 aromatic rings. The zero-order valence-corrected chi connectivity index (χ0v) is 27.2. The molecule has 44 heavy (non-hydrogen) atoms. The Hall–Kier alpha value is -3.39. The van der Waals surface area contributed by atoms with Crippen molar-refractivity contribution in [2.45, 2.75) is 58.3 Å². The third kappa shape index (κ3) is 10.1. The van der Waals surface area contributed by atoms with Crippen LogP contribution in [0.15, 0.2) is 42.5 Å². The van der Waals surface area contributed by atoms with Crippen LogP contribution in [0.1, 0.15) is 50.4 Å². The molecule has 1 aliphatic heterocycles. The average Bonchev–Trinajstić information content (AvgIpc) is 2.98. The minimum Gasteiger partial charge on any atom is -0.497 e. The number of nitrogens with zero attached hydrogens (tertiary/aromatic N) is 2. The number of likely N-dealkylation sites (N-methyl/N-ethyl adjacent to an activating group) is 1. The summed E-state index contributed by atoms with van der Waals surface area (Å²) in [5.74, 6) is 0.353. The number of ether oxygens (including phenoxy) is 3. The molecule has 0 radical (unpaired) electrons. The van der Waals surface area contributed by atoms with Gasteiger partial charge in [-0.3, -0.25) is 4.79 Å². The van der Waals surface area contributed by atoms with Crippen LogP contribution in [-0.4, -0.2) is 99.6 Å². The highest BCUT2D eigenvalue weighted by Gasteiger charge is 2.31. The number of anilines is 2. The molecule has 1 aliphatic rings. The van der Waals surface area contributed by atoms with Gasteiger partial charge in [0.05, 0.1) is 43.8 Å². The Morgan fingerprint density at radius 2 is 1.80 bits per heavy atom. The van der Waals surface area contributed by atoms with E-state index in [1.54, 1.807) is 61.4 Å². The topological polar surface area (TPSA) is 147 Å². The maximum Gasteiger partial charge on any atom is 0.323 e. The van der Waals surface area contributed by atoms with Crippen LogP contribution >= 0.6 is 0 Å². The number of hydrogen-bond acceptors (Lipinski definition) is 8. The van der Waals surface area contributed by atoms with Crippen molar-refractivity contribution < 1.29 is 37.3 Å². The SMILES string of the molecule is COc1ccc(NC(=O)Nc2ccc3c(c2)C(=O)N([C@@H](C)CO)C[C@H](C)[C@@H](CN(C)S(C)(=O)=O)OCCCC[C@@H](C)O3)cc1. The van der Waals surface area contributed by atoms with Crippen molar-refractivity contribution in [2.75, 3.05) is 57.4 Å². The van der Waals surface area contributed by atoms with E-state index in [2.05, 4.69) is 10.6 Å². The van der Waals surface area contributed by atoms with E-state index in [0.29, 0.717) is 35.9 Å². The molecule has 0 unspecified atom stereocenters. The number of hydrogen-bond donors (Lipinski definition) is 3. The lowest BCUT2D eigenvalue weighted by Crippen LogP contribution is -2.47. The summed E-state index contributed by atoms with van der Waals surface area (Å²) >= 11 is 0. The number of fused-ring (bicyclic) bond motifs is 1. The van der Waals surface area contributed by atoms with Gasteiger partial charge in [0.1, 0.15) is 11.5 Å². The molecule has 0 saturated heterocycles. The number of rotatable bonds is 8. The highest BCUT2D eigenvalue weighted by Crippen LogP contribution is 2.29. The standard InChI is InChI=1S/C31H46N4O8S/c1-21-18-35(22(2)20-36)30(37)27-17-25(33-31(38)32-24-10-13-26(41-5)14-11-24)12-15-28(27)43-23(3)9-7-8-16-42-29(21)19-34(4)44(6,39)40/h10-15,17,21-23,29,36H,7-9,16,18-20H2,1-6H3,(H2,32,33,38)/t21-,22-,23+,29+/m0/s1. The van der Waals surface area contributed by atoms with Crippen LogP contribution in [0.5, 0.6) is 11.5 Å². The fraction of sp³-hybridized carbons (Fsp3) is 0.548. The number of amides is 3. The lowest BCUT2D eigenvalue weighted by Gasteiger charge is -2.35. The Bertz CT molecular complexity index is 1350. The van der Waals surface area contributed by atoms with Crippen molar-refractivity contribution in [3.05, 3.63) is 48.0 Å². The number of carbonyl (C=O) groups excluding carboxylic acids is 2. The van der Waals surface area contributed by atoms with Crippen LogP contribution in [0.25, 0.3) is 0 Å². The number of aliphatic hydroxyl groups is 1. The molecule has 0 aliphatic carbocycles. The van der Waals surface area contributed by atoms with E-state index in [1.165, 1.54) is 11.4 Å². The van der Waals surface area contributed by atoms with Gasteiger partial charge in [-0.15, -0.1) is 0 Å². The zero-order valence-electron chi connectivity index (χ0n) is 26.4. The van der Waals surface area contributed by atoms with Crippen molar-refractivity contribution >= 4 is 33.3 Å². The number of methoxy groups -OCH3 is 1. The van der Waals surface area contributed by atoms with E-state index < -0.39 is 34.1 Å². The molecule has 0 bridgehead atoms. The van der Waals surface area contributed by atoms with Gasteiger partial charge < -0.3 is 34.9 Å². The quantitative estimate of drug-likeness (QED) is 0.395. The van der Waals surface area contributed by atoms with Crippen molar-refractivity contribution in [1.29, 1.82) is 0 Å². The van der Waals surface area contributed by atoms with Gasteiger partial charge in [0, 0.05) is 44.0 Å². The van der Waals surface area contributed by atoms with Gasteiger partial charge in [-0.1, -0.05) is 6.92 Å². The number of carbonyl (C=O) groups is 2. The molecule has 12 nitrogen and oxygen atoms in total. The summed E-state index contributed by atoms with van der Waals surface area (Å²) in [7, 11) is -0.382. The van der Waals surface area contributed by atoms with E-state index in [-0.39, 0.29) is 37.3 Å². The first kappa shape index (κ1) is 35.1. The predicted molar refractivity (Wildman–Crippen MR) is 170 cm³/mol. The molecule has 13 heteroatoms. The van der Waals surface area contributed by atoms with Crippen molar-refractivity contribution in [2.24, 2.45) is 5.92 Å². The zero-order chi connectivity index (χ0) is 32.4. The lowest BCUT2D eigenvalue weighted by atomic mass is 10.0. The maximum atomic E-state index is 14.2. The Balaban J connectivity index is 1.93. The Labute approximate surface area is 260 Å². The molecule has 0 fully saturated rings. The van der Waals surface area contributed by atoms with Gasteiger partial charge in [0.2, 0.25) is 10.0 Å². The fourth-order valence-corrected chi connectivity index (χ4v) is 5.24. The number of aliphatic hydroxyl groups excluding tert-OH is 1. The molecule has 2 aromatic carbocycles.